The lowest BCUT2D eigenvalue weighted by Gasteiger charge is -2.05. The van der Waals surface area contributed by atoms with Crippen LogP contribution in [0.4, 0.5) is 0 Å². The molecule has 2 nitrogen and oxygen atoms in total. The van der Waals surface area contributed by atoms with E-state index in [4.69, 9.17) is 8.83 Å². The van der Waals surface area contributed by atoms with Crippen molar-refractivity contribution in [1.82, 2.24) is 0 Å². The molecule has 121 valence electrons. The number of furan rings is 2. The van der Waals surface area contributed by atoms with Gasteiger partial charge in [0.15, 0.2) is 0 Å². The molecule has 1 radical (unpaired) electrons. The van der Waals surface area contributed by atoms with Gasteiger partial charge in [-0.25, -0.2) is 0 Å². The number of hydrogen-bond acceptors (Lipinski definition) is 2. The number of benzene rings is 4. The maximum Gasteiger partial charge on any atom is 0.136 e. The Bertz CT molecular complexity index is 1320. The van der Waals surface area contributed by atoms with Gasteiger partial charge in [0.2, 0.25) is 0 Å². The second-order valence-electron chi connectivity index (χ2n) is 6.47. The Morgan fingerprint density at radius 3 is 1.92 bits per heavy atom. The first-order valence-corrected chi connectivity index (χ1v) is 8.63. The Morgan fingerprint density at radius 2 is 1.15 bits per heavy atom. The molecule has 0 bridgehead atoms. The third-order valence-corrected chi connectivity index (χ3v) is 5.01. The van der Waals surface area contributed by atoms with Crippen LogP contribution < -0.4 is 0 Å². The van der Waals surface area contributed by atoms with E-state index in [1.54, 1.807) is 0 Å². The Labute approximate surface area is 149 Å². The van der Waals surface area contributed by atoms with E-state index in [1.165, 1.54) is 0 Å². The molecule has 6 aromatic rings. The molecule has 0 spiro atoms. The van der Waals surface area contributed by atoms with Crippen LogP contribution in [0.15, 0.2) is 87.7 Å². The highest BCUT2D eigenvalue weighted by Crippen LogP contribution is 2.41. The van der Waals surface area contributed by atoms with Crippen molar-refractivity contribution in [3.8, 4) is 11.1 Å². The van der Waals surface area contributed by atoms with Crippen LogP contribution in [0.25, 0.3) is 55.0 Å². The van der Waals surface area contributed by atoms with E-state index in [-0.39, 0.29) is 0 Å². The first-order chi connectivity index (χ1) is 12.9. The predicted octanol–water partition coefficient (Wildman–Crippen LogP) is 6.95. The van der Waals surface area contributed by atoms with Crippen molar-refractivity contribution in [2.75, 3.05) is 0 Å². The molecule has 0 amide bonds. The van der Waals surface area contributed by atoms with Crippen molar-refractivity contribution in [3.05, 3.63) is 84.9 Å². The lowest BCUT2D eigenvalue weighted by molar-refractivity contribution is 0.668. The maximum absolute atomic E-state index is 6.06. The molecule has 0 aliphatic rings. The van der Waals surface area contributed by atoms with Crippen molar-refractivity contribution in [2.45, 2.75) is 0 Å². The van der Waals surface area contributed by atoms with Crippen LogP contribution in [0.5, 0.6) is 0 Å². The summed E-state index contributed by atoms with van der Waals surface area (Å²) in [5, 5.41) is 4.45. The minimum Gasteiger partial charge on any atom is -0.456 e. The molecule has 0 saturated carbocycles. The van der Waals surface area contributed by atoms with E-state index in [2.05, 4.69) is 24.3 Å². The van der Waals surface area contributed by atoms with Gasteiger partial charge in [-0.1, -0.05) is 48.5 Å². The molecule has 0 saturated heterocycles. The van der Waals surface area contributed by atoms with Gasteiger partial charge >= 0.3 is 0 Å². The van der Waals surface area contributed by atoms with Gasteiger partial charge in [-0.15, -0.1) is 0 Å². The molecular weight excluding hydrogens is 320 g/mol. The fraction of sp³-hybridized carbons (Fsp3) is 0. The molecule has 0 unspecified atom stereocenters. The highest BCUT2D eigenvalue weighted by Gasteiger charge is 2.17. The highest BCUT2D eigenvalue weighted by atomic mass is 16.3. The quantitative estimate of drug-likeness (QED) is 0.325. The monoisotopic (exact) mass is 333 g/mol. The molecular formula is C24H13O2. The molecule has 4 aromatic carbocycles. The van der Waals surface area contributed by atoms with Crippen molar-refractivity contribution >= 4 is 43.9 Å². The van der Waals surface area contributed by atoms with Crippen LogP contribution in [0.2, 0.25) is 0 Å². The van der Waals surface area contributed by atoms with Crippen LogP contribution in [-0.4, -0.2) is 0 Å². The van der Waals surface area contributed by atoms with Crippen LogP contribution in [0.3, 0.4) is 0 Å². The second-order valence-corrected chi connectivity index (χ2v) is 6.47. The smallest absolute Gasteiger partial charge is 0.136 e. The van der Waals surface area contributed by atoms with Crippen LogP contribution in [-0.2, 0) is 0 Å². The number of hydrogen-bond donors (Lipinski definition) is 0. The molecule has 6 rings (SSSR count). The second kappa shape index (κ2) is 4.99. The van der Waals surface area contributed by atoms with Crippen LogP contribution in [0, 0.1) is 6.07 Å². The molecule has 0 atom stereocenters. The van der Waals surface area contributed by atoms with Crippen LogP contribution in [0.1, 0.15) is 0 Å². The first kappa shape index (κ1) is 13.7. The molecule has 2 heterocycles. The van der Waals surface area contributed by atoms with Crippen molar-refractivity contribution in [3.63, 3.8) is 0 Å². The zero-order chi connectivity index (χ0) is 17.1. The summed E-state index contributed by atoms with van der Waals surface area (Å²) in [5.74, 6) is 0. The molecule has 26 heavy (non-hydrogen) atoms. The van der Waals surface area contributed by atoms with Crippen LogP contribution >= 0.6 is 0 Å². The molecule has 2 heteroatoms. The normalized spacial score (nSPS) is 11.8. The highest BCUT2D eigenvalue weighted by molar-refractivity contribution is 6.19. The topological polar surface area (TPSA) is 26.3 Å². The van der Waals surface area contributed by atoms with E-state index < -0.39 is 0 Å². The average molecular weight is 333 g/mol. The van der Waals surface area contributed by atoms with E-state index in [9.17, 15) is 0 Å². The SMILES string of the molecule is [c]1ccc2oc3ccccc3c2c1-c1cccc2oc3ccccc3c12. The lowest BCUT2D eigenvalue weighted by Crippen LogP contribution is -1.81. The average Bonchev–Trinajstić information content (AvgIpc) is 3.26. The van der Waals surface area contributed by atoms with Gasteiger partial charge < -0.3 is 8.83 Å². The Hall–Kier alpha value is -3.52. The van der Waals surface area contributed by atoms with Gasteiger partial charge in [0.05, 0.1) is 0 Å². The van der Waals surface area contributed by atoms with E-state index in [0.717, 1.165) is 55.0 Å². The maximum atomic E-state index is 6.06. The van der Waals surface area contributed by atoms with Gasteiger partial charge in [0.25, 0.3) is 0 Å². The lowest BCUT2D eigenvalue weighted by atomic mass is 9.95. The Morgan fingerprint density at radius 1 is 0.538 bits per heavy atom. The van der Waals surface area contributed by atoms with Gasteiger partial charge in [-0.3, -0.25) is 0 Å². The summed E-state index contributed by atoms with van der Waals surface area (Å²) in [7, 11) is 0. The van der Waals surface area contributed by atoms with Crippen molar-refractivity contribution in [1.29, 1.82) is 0 Å². The fourth-order valence-corrected chi connectivity index (χ4v) is 3.91. The largest absolute Gasteiger partial charge is 0.456 e. The number of para-hydroxylation sites is 2. The van der Waals surface area contributed by atoms with E-state index >= 15 is 0 Å². The molecule has 0 N–H and O–H groups in total. The third-order valence-electron chi connectivity index (χ3n) is 5.01. The summed E-state index contributed by atoms with van der Waals surface area (Å²) in [6.45, 7) is 0. The van der Waals surface area contributed by atoms with Gasteiger partial charge in [0, 0.05) is 27.1 Å². The minimum absolute atomic E-state index is 0.879. The summed E-state index contributed by atoms with van der Waals surface area (Å²) < 4.78 is 12.1. The summed E-state index contributed by atoms with van der Waals surface area (Å²) in [4.78, 5) is 0. The predicted molar refractivity (Wildman–Crippen MR) is 105 cm³/mol. The van der Waals surface area contributed by atoms with Gasteiger partial charge in [0.1, 0.15) is 22.3 Å². The summed E-state index contributed by atoms with van der Waals surface area (Å²) in [6, 6.07) is 29.9. The van der Waals surface area contributed by atoms with Gasteiger partial charge in [-0.05, 0) is 42.0 Å². The van der Waals surface area contributed by atoms with E-state index in [1.807, 2.05) is 60.7 Å². The molecule has 0 fully saturated rings. The molecule has 0 aliphatic carbocycles. The zero-order valence-electron chi connectivity index (χ0n) is 13.8. The third kappa shape index (κ3) is 1.76. The summed E-state index contributed by atoms with van der Waals surface area (Å²) in [5.41, 5.74) is 5.73. The van der Waals surface area contributed by atoms with E-state index in [0.29, 0.717) is 0 Å². The number of rotatable bonds is 1. The first-order valence-electron chi connectivity index (χ1n) is 8.63. The van der Waals surface area contributed by atoms with Crippen molar-refractivity contribution in [2.24, 2.45) is 0 Å². The summed E-state index contributed by atoms with van der Waals surface area (Å²) in [6.07, 6.45) is 0. The van der Waals surface area contributed by atoms with Gasteiger partial charge in [-0.2, -0.15) is 0 Å². The minimum atomic E-state index is 0.879. The van der Waals surface area contributed by atoms with Crippen molar-refractivity contribution < 1.29 is 8.83 Å². The Balaban J connectivity index is 1.82. The Kier molecular flexibility index (Phi) is 2.64. The fourth-order valence-electron chi connectivity index (χ4n) is 3.91. The summed E-state index contributed by atoms with van der Waals surface area (Å²) >= 11 is 0. The molecule has 2 aromatic heterocycles. The standard InChI is InChI=1S/C24H13O2/c1-3-11-19-17(7-1)23-15(9-5-13-21(23)25-19)16-10-6-14-22-24(16)18-8-2-4-12-20(18)26-22/h1-9,11-14H. The zero-order valence-corrected chi connectivity index (χ0v) is 13.8. The number of fused-ring (bicyclic) bond motifs is 6. The molecule has 0 aliphatic heterocycles.